The number of hydrogen-bond donors (Lipinski definition) is 1. The van der Waals surface area contributed by atoms with E-state index in [2.05, 4.69) is 15.9 Å². The molecule has 1 N–H and O–H groups in total. The first-order chi connectivity index (χ1) is 8.98. The Balaban J connectivity index is 2.13. The maximum atomic E-state index is 12.2. The van der Waals surface area contributed by atoms with E-state index < -0.39 is 11.4 Å². The lowest BCUT2D eigenvalue weighted by atomic mass is 9.83. The van der Waals surface area contributed by atoms with Gasteiger partial charge in [0.1, 0.15) is 0 Å². The highest BCUT2D eigenvalue weighted by atomic mass is 79.9. The molecule has 104 valence electrons. The van der Waals surface area contributed by atoms with Gasteiger partial charge in [-0.15, -0.1) is 0 Å². The summed E-state index contributed by atoms with van der Waals surface area (Å²) in [5, 5.41) is 9.40. The van der Waals surface area contributed by atoms with E-state index in [-0.39, 0.29) is 18.2 Å². The minimum absolute atomic E-state index is 0.240. The van der Waals surface area contributed by atoms with Gasteiger partial charge in [-0.25, -0.2) is 0 Å². The van der Waals surface area contributed by atoms with Crippen LogP contribution in [-0.2, 0) is 4.79 Å². The summed E-state index contributed by atoms with van der Waals surface area (Å²) in [6.45, 7) is 2.68. The summed E-state index contributed by atoms with van der Waals surface area (Å²) in [6, 6.07) is 3.24. The topological polar surface area (TPSA) is 70.8 Å². The molecule has 1 aliphatic heterocycles. The number of carbonyl (C=O) groups is 2. The van der Waals surface area contributed by atoms with Crippen molar-refractivity contribution in [1.29, 1.82) is 0 Å². The summed E-state index contributed by atoms with van der Waals surface area (Å²) >= 11 is 3.15. The van der Waals surface area contributed by atoms with Crippen LogP contribution in [0.1, 0.15) is 36.7 Å². The largest absolute Gasteiger partial charge is 0.481 e. The number of carbonyl (C=O) groups excluding carboxylic acids is 1. The van der Waals surface area contributed by atoms with Gasteiger partial charge >= 0.3 is 5.97 Å². The Bertz CT molecular complexity index is 499. The van der Waals surface area contributed by atoms with E-state index in [4.69, 9.17) is 4.42 Å². The fraction of sp³-hybridized carbons (Fsp3) is 0.538. The molecule has 2 rings (SSSR count). The van der Waals surface area contributed by atoms with E-state index >= 15 is 0 Å². The third kappa shape index (κ3) is 2.68. The van der Waals surface area contributed by atoms with Crippen molar-refractivity contribution in [2.24, 2.45) is 5.41 Å². The zero-order valence-electron chi connectivity index (χ0n) is 10.7. The second-order valence-corrected chi connectivity index (χ2v) is 5.70. The second-order valence-electron chi connectivity index (χ2n) is 4.92. The first-order valence-electron chi connectivity index (χ1n) is 6.26. The number of halogens is 1. The lowest BCUT2D eigenvalue weighted by molar-refractivity contribution is -0.148. The van der Waals surface area contributed by atoms with Gasteiger partial charge in [-0.1, -0.05) is 13.3 Å². The van der Waals surface area contributed by atoms with Gasteiger partial charge in [0.15, 0.2) is 10.4 Å². The number of carboxylic acid groups (broad SMARTS) is 1. The summed E-state index contributed by atoms with van der Waals surface area (Å²) in [7, 11) is 0. The Labute approximate surface area is 119 Å². The van der Waals surface area contributed by atoms with Crippen molar-refractivity contribution in [3.8, 4) is 0 Å². The van der Waals surface area contributed by atoms with E-state index in [1.165, 1.54) is 0 Å². The normalized spacial score (nSPS) is 22.7. The molecule has 1 amide bonds. The SMILES string of the molecule is CCCC1(C(=O)O)CCN(C(=O)c2ccc(Br)o2)C1. The molecule has 0 aliphatic carbocycles. The van der Waals surface area contributed by atoms with Crippen molar-refractivity contribution < 1.29 is 19.1 Å². The van der Waals surface area contributed by atoms with Gasteiger partial charge in [-0.05, 0) is 40.9 Å². The van der Waals surface area contributed by atoms with Crippen molar-refractivity contribution >= 4 is 27.8 Å². The minimum Gasteiger partial charge on any atom is -0.481 e. The Hall–Kier alpha value is -1.30. The molecule has 1 saturated heterocycles. The van der Waals surface area contributed by atoms with Crippen LogP contribution in [0, 0.1) is 5.41 Å². The molecule has 2 heterocycles. The molecular weight excluding hydrogens is 314 g/mol. The summed E-state index contributed by atoms with van der Waals surface area (Å²) in [5.74, 6) is -0.820. The van der Waals surface area contributed by atoms with Crippen LogP contribution >= 0.6 is 15.9 Å². The van der Waals surface area contributed by atoms with Crippen LogP contribution in [0.3, 0.4) is 0 Å². The highest BCUT2D eigenvalue weighted by molar-refractivity contribution is 9.10. The summed E-state index contributed by atoms with van der Waals surface area (Å²) in [4.78, 5) is 25.2. The molecule has 1 aromatic heterocycles. The van der Waals surface area contributed by atoms with Gasteiger partial charge in [-0.3, -0.25) is 9.59 Å². The first kappa shape index (κ1) is 14.1. The van der Waals surface area contributed by atoms with Crippen LogP contribution in [0.2, 0.25) is 0 Å². The van der Waals surface area contributed by atoms with Crippen molar-refractivity contribution in [3.63, 3.8) is 0 Å². The van der Waals surface area contributed by atoms with Crippen molar-refractivity contribution in [2.75, 3.05) is 13.1 Å². The standard InChI is InChI=1S/C13H16BrNO4/c1-2-5-13(12(17)18)6-7-15(8-13)11(16)9-3-4-10(14)19-9/h3-4H,2,5-8H2,1H3,(H,17,18). The molecule has 0 saturated carbocycles. The number of nitrogens with zero attached hydrogens (tertiary/aromatic N) is 1. The molecule has 1 aromatic rings. The van der Waals surface area contributed by atoms with Crippen molar-refractivity contribution in [2.45, 2.75) is 26.2 Å². The van der Waals surface area contributed by atoms with Crippen LogP contribution in [0.4, 0.5) is 0 Å². The molecule has 0 bridgehead atoms. The number of hydrogen-bond acceptors (Lipinski definition) is 3. The molecule has 19 heavy (non-hydrogen) atoms. The van der Waals surface area contributed by atoms with E-state index in [1.807, 2.05) is 6.92 Å². The number of furan rings is 1. The average molecular weight is 330 g/mol. The fourth-order valence-electron chi connectivity index (χ4n) is 2.59. The smallest absolute Gasteiger partial charge is 0.311 e. The number of amides is 1. The van der Waals surface area contributed by atoms with Gasteiger partial charge in [0.25, 0.3) is 5.91 Å². The second kappa shape index (κ2) is 5.36. The highest BCUT2D eigenvalue weighted by Crippen LogP contribution is 2.36. The molecule has 1 aliphatic rings. The Kier molecular flexibility index (Phi) is 3.99. The van der Waals surface area contributed by atoms with Gasteiger partial charge < -0.3 is 14.4 Å². The number of aliphatic carboxylic acids is 1. The van der Waals surface area contributed by atoms with E-state index in [0.29, 0.717) is 24.1 Å². The van der Waals surface area contributed by atoms with Crippen LogP contribution in [0.5, 0.6) is 0 Å². The minimum atomic E-state index is -0.815. The molecule has 6 heteroatoms. The van der Waals surface area contributed by atoms with Gasteiger partial charge in [0, 0.05) is 13.1 Å². The van der Waals surface area contributed by atoms with E-state index in [9.17, 15) is 14.7 Å². The van der Waals surface area contributed by atoms with Crippen LogP contribution in [-0.4, -0.2) is 35.0 Å². The number of carboxylic acids is 1. The van der Waals surface area contributed by atoms with Crippen LogP contribution in [0.15, 0.2) is 21.2 Å². The zero-order valence-corrected chi connectivity index (χ0v) is 12.3. The Morgan fingerprint density at radius 2 is 2.26 bits per heavy atom. The maximum Gasteiger partial charge on any atom is 0.311 e. The molecule has 1 atom stereocenters. The monoisotopic (exact) mass is 329 g/mol. The van der Waals surface area contributed by atoms with Crippen molar-refractivity contribution in [3.05, 3.63) is 22.6 Å². The van der Waals surface area contributed by atoms with Gasteiger partial charge in [-0.2, -0.15) is 0 Å². The molecular formula is C13H16BrNO4. The lowest BCUT2D eigenvalue weighted by Gasteiger charge is -2.23. The third-order valence-corrected chi connectivity index (χ3v) is 4.03. The predicted molar refractivity (Wildman–Crippen MR) is 71.9 cm³/mol. The molecule has 0 aromatic carbocycles. The predicted octanol–water partition coefficient (Wildman–Crippen LogP) is 2.76. The zero-order chi connectivity index (χ0) is 14.0. The average Bonchev–Trinajstić information content (AvgIpc) is 2.96. The highest BCUT2D eigenvalue weighted by Gasteiger charge is 2.45. The van der Waals surface area contributed by atoms with Crippen LogP contribution in [0.25, 0.3) is 0 Å². The number of rotatable bonds is 4. The quantitative estimate of drug-likeness (QED) is 0.921. The van der Waals surface area contributed by atoms with Gasteiger partial charge in [0.2, 0.25) is 0 Å². The summed E-state index contributed by atoms with van der Waals surface area (Å²) < 4.78 is 5.72. The molecule has 0 radical (unpaired) electrons. The van der Waals surface area contributed by atoms with E-state index in [0.717, 1.165) is 6.42 Å². The van der Waals surface area contributed by atoms with E-state index in [1.54, 1.807) is 17.0 Å². The fourth-order valence-corrected chi connectivity index (χ4v) is 2.90. The Morgan fingerprint density at radius 3 is 2.79 bits per heavy atom. The summed E-state index contributed by atoms with van der Waals surface area (Å²) in [5.41, 5.74) is -0.797. The Morgan fingerprint density at radius 1 is 1.53 bits per heavy atom. The van der Waals surface area contributed by atoms with Gasteiger partial charge in [0.05, 0.1) is 5.41 Å². The molecule has 0 spiro atoms. The van der Waals surface area contributed by atoms with Crippen molar-refractivity contribution in [1.82, 2.24) is 4.90 Å². The van der Waals surface area contributed by atoms with Crippen LogP contribution < -0.4 is 0 Å². The first-order valence-corrected chi connectivity index (χ1v) is 7.06. The summed E-state index contributed by atoms with van der Waals surface area (Å²) in [6.07, 6.45) is 1.89. The third-order valence-electron chi connectivity index (χ3n) is 3.61. The molecule has 5 nitrogen and oxygen atoms in total. The molecule has 1 unspecified atom stereocenters. The number of likely N-dealkylation sites (tertiary alicyclic amines) is 1. The maximum absolute atomic E-state index is 12.2. The molecule has 1 fully saturated rings. The lowest BCUT2D eigenvalue weighted by Crippen LogP contribution is -2.36.